The summed E-state index contributed by atoms with van der Waals surface area (Å²) >= 11 is 0. The summed E-state index contributed by atoms with van der Waals surface area (Å²) in [5.74, 6) is 0.434. The van der Waals surface area contributed by atoms with Crippen LogP contribution in [-0.2, 0) is 4.74 Å². The Bertz CT molecular complexity index is 506. The number of carbonyl (C=O) groups is 1. The Kier molecular flexibility index (Phi) is 5.01. The van der Waals surface area contributed by atoms with E-state index in [1.807, 2.05) is 6.07 Å². The number of carbonyl (C=O) groups excluding carboxylic acids is 1. The molecule has 6 heteroatoms. The van der Waals surface area contributed by atoms with Gasteiger partial charge in [0.25, 0.3) is 0 Å². The molecule has 0 N–H and O–H groups in total. The zero-order valence-corrected chi connectivity index (χ0v) is 11.2. The molecule has 0 saturated heterocycles. The normalized spacial score (nSPS) is 11.1. The summed E-state index contributed by atoms with van der Waals surface area (Å²) in [6.45, 7) is 1.48. The predicted octanol–water partition coefficient (Wildman–Crippen LogP) is 1.78. The first kappa shape index (κ1) is 14.6. The van der Waals surface area contributed by atoms with E-state index >= 15 is 0 Å². The van der Waals surface area contributed by atoms with E-state index in [1.54, 1.807) is 0 Å². The fourth-order valence-corrected chi connectivity index (χ4v) is 1.44. The van der Waals surface area contributed by atoms with Crippen LogP contribution in [0, 0.1) is 11.3 Å². The number of benzene rings is 1. The fraction of sp³-hybridized carbons (Fsp3) is 0.385. The summed E-state index contributed by atoms with van der Waals surface area (Å²) in [6.07, 6.45) is -0.842. The van der Waals surface area contributed by atoms with E-state index in [9.17, 15) is 4.79 Å². The quantitative estimate of drug-likeness (QED) is 0.755. The molecule has 0 fully saturated rings. The SMILES string of the molecule is COc1cc(OC)c(C(=O)O[C@H](C)C#N)cc1OC. The van der Waals surface area contributed by atoms with Gasteiger partial charge in [-0.15, -0.1) is 0 Å². The van der Waals surface area contributed by atoms with E-state index in [0.717, 1.165) is 0 Å². The van der Waals surface area contributed by atoms with Crippen molar-refractivity contribution in [3.05, 3.63) is 17.7 Å². The first-order chi connectivity index (χ1) is 9.07. The van der Waals surface area contributed by atoms with Gasteiger partial charge in [-0.05, 0) is 6.92 Å². The average molecular weight is 265 g/mol. The van der Waals surface area contributed by atoms with Gasteiger partial charge in [-0.25, -0.2) is 4.79 Å². The minimum absolute atomic E-state index is 0.169. The van der Waals surface area contributed by atoms with Crippen molar-refractivity contribution in [2.45, 2.75) is 13.0 Å². The van der Waals surface area contributed by atoms with E-state index in [0.29, 0.717) is 11.5 Å². The Hall–Kier alpha value is -2.42. The molecule has 0 saturated carbocycles. The van der Waals surface area contributed by atoms with E-state index < -0.39 is 12.1 Å². The number of ether oxygens (including phenoxy) is 4. The molecule has 19 heavy (non-hydrogen) atoms. The molecule has 0 heterocycles. The first-order valence-corrected chi connectivity index (χ1v) is 5.48. The third kappa shape index (κ3) is 3.28. The molecular weight excluding hydrogens is 250 g/mol. The minimum atomic E-state index is -0.842. The number of nitriles is 1. The lowest BCUT2D eigenvalue weighted by Crippen LogP contribution is -2.14. The van der Waals surface area contributed by atoms with Crippen LogP contribution >= 0.6 is 0 Å². The monoisotopic (exact) mass is 265 g/mol. The van der Waals surface area contributed by atoms with Crippen LogP contribution in [0.3, 0.4) is 0 Å². The van der Waals surface area contributed by atoms with E-state index in [-0.39, 0.29) is 11.3 Å². The molecule has 0 amide bonds. The smallest absolute Gasteiger partial charge is 0.343 e. The van der Waals surface area contributed by atoms with Crippen LogP contribution in [0.25, 0.3) is 0 Å². The maximum absolute atomic E-state index is 11.9. The number of rotatable bonds is 5. The van der Waals surface area contributed by atoms with Gasteiger partial charge in [-0.2, -0.15) is 5.26 Å². The summed E-state index contributed by atoms with van der Waals surface area (Å²) in [5.41, 5.74) is 0.169. The lowest BCUT2D eigenvalue weighted by molar-refractivity contribution is 0.0431. The summed E-state index contributed by atoms with van der Waals surface area (Å²) in [5, 5.41) is 8.64. The van der Waals surface area contributed by atoms with Gasteiger partial charge >= 0.3 is 5.97 Å². The third-order valence-electron chi connectivity index (χ3n) is 2.39. The van der Waals surface area contributed by atoms with Gasteiger partial charge in [0.15, 0.2) is 17.6 Å². The Morgan fingerprint density at radius 1 is 1.11 bits per heavy atom. The van der Waals surface area contributed by atoms with Gasteiger partial charge in [-0.3, -0.25) is 0 Å². The van der Waals surface area contributed by atoms with Gasteiger partial charge < -0.3 is 18.9 Å². The lowest BCUT2D eigenvalue weighted by atomic mass is 10.1. The standard InChI is InChI=1S/C13H15NO5/c1-8(7-14)19-13(15)9-5-11(17-3)12(18-4)6-10(9)16-2/h5-6,8H,1-4H3/t8-/m1/s1. The van der Waals surface area contributed by atoms with Crippen LogP contribution in [0.4, 0.5) is 0 Å². The third-order valence-corrected chi connectivity index (χ3v) is 2.39. The highest BCUT2D eigenvalue weighted by molar-refractivity contribution is 5.93. The zero-order chi connectivity index (χ0) is 14.4. The average Bonchev–Trinajstić information content (AvgIpc) is 2.45. The van der Waals surface area contributed by atoms with Crippen LogP contribution in [-0.4, -0.2) is 33.4 Å². The predicted molar refractivity (Wildman–Crippen MR) is 66.6 cm³/mol. The van der Waals surface area contributed by atoms with Gasteiger partial charge in [-0.1, -0.05) is 0 Å². The Labute approximate surface area is 111 Å². The second-order valence-electron chi connectivity index (χ2n) is 3.58. The molecule has 0 radical (unpaired) electrons. The number of hydrogen-bond acceptors (Lipinski definition) is 6. The van der Waals surface area contributed by atoms with Crippen molar-refractivity contribution in [1.82, 2.24) is 0 Å². The number of hydrogen-bond donors (Lipinski definition) is 0. The van der Waals surface area contributed by atoms with Crippen molar-refractivity contribution < 1.29 is 23.7 Å². The molecule has 1 aromatic carbocycles. The van der Waals surface area contributed by atoms with Crippen molar-refractivity contribution >= 4 is 5.97 Å². The van der Waals surface area contributed by atoms with Crippen molar-refractivity contribution in [2.24, 2.45) is 0 Å². The molecule has 0 aliphatic rings. The Morgan fingerprint density at radius 2 is 1.63 bits per heavy atom. The van der Waals surface area contributed by atoms with Crippen LogP contribution in [0.2, 0.25) is 0 Å². The van der Waals surface area contributed by atoms with E-state index in [2.05, 4.69) is 0 Å². The van der Waals surface area contributed by atoms with Crippen LogP contribution in [0.5, 0.6) is 17.2 Å². The molecule has 0 spiro atoms. The summed E-state index contributed by atoms with van der Waals surface area (Å²) in [6, 6.07) is 4.78. The molecule has 0 aliphatic heterocycles. The second kappa shape index (κ2) is 6.50. The number of nitrogens with zero attached hydrogens (tertiary/aromatic N) is 1. The van der Waals surface area contributed by atoms with Crippen LogP contribution in [0.15, 0.2) is 12.1 Å². The molecule has 1 rings (SSSR count). The lowest BCUT2D eigenvalue weighted by Gasteiger charge is -2.14. The van der Waals surface area contributed by atoms with E-state index in [1.165, 1.54) is 40.4 Å². The highest BCUT2D eigenvalue weighted by Gasteiger charge is 2.20. The van der Waals surface area contributed by atoms with Crippen LogP contribution in [0.1, 0.15) is 17.3 Å². The van der Waals surface area contributed by atoms with Gasteiger partial charge in [0.2, 0.25) is 0 Å². The second-order valence-corrected chi connectivity index (χ2v) is 3.58. The molecule has 1 atom stereocenters. The highest BCUT2D eigenvalue weighted by atomic mass is 16.5. The Morgan fingerprint density at radius 3 is 2.11 bits per heavy atom. The maximum atomic E-state index is 11.9. The first-order valence-electron chi connectivity index (χ1n) is 5.48. The largest absolute Gasteiger partial charge is 0.496 e. The maximum Gasteiger partial charge on any atom is 0.343 e. The van der Waals surface area contributed by atoms with Gasteiger partial charge in [0.05, 0.1) is 21.3 Å². The van der Waals surface area contributed by atoms with Crippen molar-refractivity contribution in [1.29, 1.82) is 5.26 Å². The fourth-order valence-electron chi connectivity index (χ4n) is 1.44. The molecule has 0 bridgehead atoms. The molecule has 1 aromatic rings. The minimum Gasteiger partial charge on any atom is -0.496 e. The topological polar surface area (TPSA) is 77.8 Å². The van der Waals surface area contributed by atoms with Gasteiger partial charge in [0, 0.05) is 12.1 Å². The summed E-state index contributed by atoms with van der Waals surface area (Å²) in [4.78, 5) is 11.9. The molecule has 6 nitrogen and oxygen atoms in total. The highest BCUT2D eigenvalue weighted by Crippen LogP contribution is 2.35. The molecule has 102 valence electrons. The van der Waals surface area contributed by atoms with Gasteiger partial charge in [0.1, 0.15) is 17.4 Å². The number of methoxy groups -OCH3 is 3. The molecular formula is C13H15NO5. The zero-order valence-electron chi connectivity index (χ0n) is 11.2. The molecule has 0 aliphatic carbocycles. The number of esters is 1. The van der Waals surface area contributed by atoms with Crippen LogP contribution < -0.4 is 14.2 Å². The molecule has 0 aromatic heterocycles. The summed E-state index contributed by atoms with van der Waals surface area (Å²) in [7, 11) is 4.36. The van der Waals surface area contributed by atoms with Crippen molar-refractivity contribution in [2.75, 3.05) is 21.3 Å². The van der Waals surface area contributed by atoms with Crippen molar-refractivity contribution in [3.63, 3.8) is 0 Å². The Balaban J connectivity index is 3.19. The molecule has 0 unspecified atom stereocenters. The van der Waals surface area contributed by atoms with Crippen molar-refractivity contribution in [3.8, 4) is 23.3 Å². The van der Waals surface area contributed by atoms with E-state index in [4.69, 9.17) is 24.2 Å². The summed E-state index contributed by atoms with van der Waals surface area (Å²) < 4.78 is 20.2.